The average molecular weight is 192 g/mol. The third kappa shape index (κ3) is 1.89. The monoisotopic (exact) mass is 192 g/mol. The molecule has 0 spiro atoms. The van der Waals surface area contributed by atoms with E-state index in [2.05, 4.69) is 18.4 Å². The molecule has 1 aliphatic carbocycles. The van der Waals surface area contributed by atoms with Gasteiger partial charge in [-0.3, -0.25) is 4.79 Å². The fraction of sp³-hybridized carbons (Fsp3) is 0.364. The molecule has 2 rings (SSSR count). The standard InChI is InChI=1S/C11H12OS/c1-8-5-10(7-13-8)9-3-2-4-11(12)6-9/h5-7H,2-4H2,1H3. The van der Waals surface area contributed by atoms with Crippen LogP contribution in [0.15, 0.2) is 17.5 Å². The summed E-state index contributed by atoms with van der Waals surface area (Å²) in [5.41, 5.74) is 2.47. The summed E-state index contributed by atoms with van der Waals surface area (Å²) in [7, 11) is 0. The van der Waals surface area contributed by atoms with Gasteiger partial charge in [0, 0.05) is 11.3 Å². The van der Waals surface area contributed by atoms with Crippen molar-refractivity contribution in [2.24, 2.45) is 0 Å². The third-order valence-corrected chi connectivity index (χ3v) is 3.17. The van der Waals surface area contributed by atoms with Gasteiger partial charge in [0.15, 0.2) is 5.78 Å². The van der Waals surface area contributed by atoms with Crippen LogP contribution in [-0.2, 0) is 4.79 Å². The highest BCUT2D eigenvalue weighted by molar-refractivity contribution is 7.10. The number of aryl methyl sites for hydroxylation is 1. The largest absolute Gasteiger partial charge is 0.295 e. The van der Waals surface area contributed by atoms with Crippen molar-refractivity contribution < 1.29 is 4.79 Å². The Bertz CT molecular complexity index is 360. The first-order valence-corrected chi connectivity index (χ1v) is 5.42. The summed E-state index contributed by atoms with van der Waals surface area (Å²) in [6.07, 6.45) is 4.61. The molecule has 1 heterocycles. The Kier molecular flexibility index (Phi) is 2.32. The molecule has 0 fully saturated rings. The van der Waals surface area contributed by atoms with Crippen molar-refractivity contribution in [2.75, 3.05) is 0 Å². The Morgan fingerprint density at radius 2 is 2.23 bits per heavy atom. The van der Waals surface area contributed by atoms with Gasteiger partial charge >= 0.3 is 0 Å². The smallest absolute Gasteiger partial charge is 0.155 e. The molecule has 0 bridgehead atoms. The fourth-order valence-corrected chi connectivity index (χ4v) is 2.36. The molecule has 0 unspecified atom stereocenters. The van der Waals surface area contributed by atoms with Crippen LogP contribution in [0.5, 0.6) is 0 Å². The molecule has 0 radical (unpaired) electrons. The topological polar surface area (TPSA) is 17.1 Å². The molecule has 1 aromatic rings. The Balaban J connectivity index is 2.30. The van der Waals surface area contributed by atoms with Crippen LogP contribution in [0.1, 0.15) is 29.7 Å². The molecular formula is C11H12OS. The van der Waals surface area contributed by atoms with Crippen molar-refractivity contribution in [2.45, 2.75) is 26.2 Å². The second-order valence-electron chi connectivity index (χ2n) is 3.44. The van der Waals surface area contributed by atoms with E-state index in [1.54, 1.807) is 11.3 Å². The SMILES string of the molecule is Cc1cc(C2=CC(=O)CCC2)cs1. The molecule has 0 amide bonds. The van der Waals surface area contributed by atoms with Crippen LogP contribution < -0.4 is 0 Å². The van der Waals surface area contributed by atoms with E-state index in [1.165, 1.54) is 16.0 Å². The number of carbonyl (C=O) groups excluding carboxylic acids is 1. The highest BCUT2D eigenvalue weighted by Crippen LogP contribution is 2.28. The molecule has 1 aromatic heterocycles. The maximum atomic E-state index is 11.2. The van der Waals surface area contributed by atoms with Crippen molar-refractivity contribution in [1.29, 1.82) is 0 Å². The summed E-state index contributed by atoms with van der Waals surface area (Å²) in [4.78, 5) is 12.5. The summed E-state index contributed by atoms with van der Waals surface area (Å²) in [5.74, 6) is 0.283. The number of allylic oxidation sites excluding steroid dienone is 2. The van der Waals surface area contributed by atoms with Gasteiger partial charge in [-0.15, -0.1) is 11.3 Å². The summed E-state index contributed by atoms with van der Waals surface area (Å²) in [6.45, 7) is 2.10. The zero-order chi connectivity index (χ0) is 9.26. The molecule has 0 aromatic carbocycles. The molecule has 0 atom stereocenters. The van der Waals surface area contributed by atoms with E-state index in [0.717, 1.165) is 19.3 Å². The fourth-order valence-electron chi connectivity index (χ4n) is 1.63. The molecule has 0 saturated carbocycles. The lowest BCUT2D eigenvalue weighted by molar-refractivity contribution is -0.114. The van der Waals surface area contributed by atoms with Crippen molar-refractivity contribution in [1.82, 2.24) is 0 Å². The summed E-state index contributed by atoms with van der Waals surface area (Å²) < 4.78 is 0. The molecule has 13 heavy (non-hydrogen) atoms. The van der Waals surface area contributed by atoms with Crippen LogP contribution >= 0.6 is 11.3 Å². The predicted molar refractivity (Wildman–Crippen MR) is 55.9 cm³/mol. The van der Waals surface area contributed by atoms with Crippen LogP contribution in [0.25, 0.3) is 5.57 Å². The van der Waals surface area contributed by atoms with Crippen LogP contribution in [0.2, 0.25) is 0 Å². The first kappa shape index (κ1) is 8.70. The van der Waals surface area contributed by atoms with Crippen molar-refractivity contribution >= 4 is 22.7 Å². The predicted octanol–water partition coefficient (Wildman–Crippen LogP) is 3.19. The molecule has 1 aliphatic rings. The Morgan fingerprint density at radius 3 is 2.85 bits per heavy atom. The maximum Gasteiger partial charge on any atom is 0.155 e. The minimum absolute atomic E-state index is 0.283. The molecular weight excluding hydrogens is 180 g/mol. The lowest BCUT2D eigenvalue weighted by Gasteiger charge is -2.09. The normalized spacial score (nSPS) is 17.3. The number of hydrogen-bond acceptors (Lipinski definition) is 2. The van der Waals surface area contributed by atoms with Crippen LogP contribution in [-0.4, -0.2) is 5.78 Å². The average Bonchev–Trinajstić information content (AvgIpc) is 2.52. The lowest BCUT2D eigenvalue weighted by atomic mass is 9.94. The van der Waals surface area contributed by atoms with E-state index in [4.69, 9.17) is 0 Å². The van der Waals surface area contributed by atoms with Gasteiger partial charge in [0.1, 0.15) is 0 Å². The molecule has 68 valence electrons. The second-order valence-corrected chi connectivity index (χ2v) is 4.55. The highest BCUT2D eigenvalue weighted by atomic mass is 32.1. The number of hydrogen-bond donors (Lipinski definition) is 0. The van der Waals surface area contributed by atoms with E-state index in [0.29, 0.717) is 0 Å². The first-order valence-electron chi connectivity index (χ1n) is 4.54. The minimum atomic E-state index is 0.283. The minimum Gasteiger partial charge on any atom is -0.295 e. The van der Waals surface area contributed by atoms with E-state index < -0.39 is 0 Å². The van der Waals surface area contributed by atoms with Crippen LogP contribution in [0.4, 0.5) is 0 Å². The number of thiophene rings is 1. The number of carbonyl (C=O) groups is 1. The number of rotatable bonds is 1. The summed E-state index contributed by atoms with van der Waals surface area (Å²) in [5, 5.41) is 2.14. The first-order chi connectivity index (χ1) is 6.25. The molecule has 2 heteroatoms. The Labute approximate surface area is 82.1 Å². The Hall–Kier alpha value is -0.890. The van der Waals surface area contributed by atoms with Crippen LogP contribution in [0.3, 0.4) is 0 Å². The van der Waals surface area contributed by atoms with Gasteiger partial charge in [0.2, 0.25) is 0 Å². The van der Waals surface area contributed by atoms with Gasteiger partial charge in [-0.05, 0) is 48.4 Å². The zero-order valence-electron chi connectivity index (χ0n) is 7.67. The van der Waals surface area contributed by atoms with Crippen molar-refractivity contribution in [3.8, 4) is 0 Å². The van der Waals surface area contributed by atoms with Crippen LogP contribution in [0, 0.1) is 6.92 Å². The van der Waals surface area contributed by atoms with Crippen molar-refractivity contribution in [3.63, 3.8) is 0 Å². The maximum absolute atomic E-state index is 11.2. The molecule has 0 N–H and O–H groups in total. The van der Waals surface area contributed by atoms with Gasteiger partial charge in [0.05, 0.1) is 0 Å². The summed E-state index contributed by atoms with van der Waals surface area (Å²) >= 11 is 1.75. The quantitative estimate of drug-likeness (QED) is 0.667. The van der Waals surface area contributed by atoms with Gasteiger partial charge < -0.3 is 0 Å². The van der Waals surface area contributed by atoms with Gasteiger partial charge in [0.25, 0.3) is 0 Å². The highest BCUT2D eigenvalue weighted by Gasteiger charge is 2.11. The number of ketones is 1. The van der Waals surface area contributed by atoms with E-state index in [9.17, 15) is 4.79 Å². The lowest BCUT2D eigenvalue weighted by Crippen LogP contribution is -2.01. The van der Waals surface area contributed by atoms with E-state index in [1.807, 2.05) is 6.08 Å². The van der Waals surface area contributed by atoms with Gasteiger partial charge in [-0.25, -0.2) is 0 Å². The van der Waals surface area contributed by atoms with E-state index in [-0.39, 0.29) is 5.78 Å². The third-order valence-electron chi connectivity index (χ3n) is 2.31. The van der Waals surface area contributed by atoms with E-state index >= 15 is 0 Å². The Morgan fingerprint density at radius 1 is 1.38 bits per heavy atom. The van der Waals surface area contributed by atoms with Crippen molar-refractivity contribution in [3.05, 3.63) is 28.0 Å². The zero-order valence-corrected chi connectivity index (χ0v) is 8.49. The summed E-state index contributed by atoms with van der Waals surface area (Å²) in [6, 6.07) is 2.16. The molecule has 1 nitrogen and oxygen atoms in total. The molecule has 0 saturated heterocycles. The second kappa shape index (κ2) is 3.46. The van der Waals surface area contributed by atoms with Gasteiger partial charge in [-0.2, -0.15) is 0 Å². The molecule has 0 aliphatic heterocycles. The van der Waals surface area contributed by atoms with Gasteiger partial charge in [-0.1, -0.05) is 0 Å².